The highest BCUT2D eigenvalue weighted by molar-refractivity contribution is 6.06. The maximum absolute atomic E-state index is 12.5. The molecule has 0 radical (unpaired) electrons. The lowest BCUT2D eigenvalue weighted by atomic mass is 10.1. The summed E-state index contributed by atoms with van der Waals surface area (Å²) in [5.74, 6) is -0.198. The van der Waals surface area contributed by atoms with E-state index in [9.17, 15) is 9.59 Å². The second-order valence-corrected chi connectivity index (χ2v) is 5.42. The van der Waals surface area contributed by atoms with Crippen LogP contribution in [0.15, 0.2) is 48.5 Å². The molecule has 2 aromatic carbocycles. The fourth-order valence-corrected chi connectivity index (χ4v) is 2.15. The van der Waals surface area contributed by atoms with Crippen molar-refractivity contribution in [2.45, 2.75) is 26.9 Å². The number of nitrogens with one attached hydrogen (secondary N) is 1. The number of ether oxygens (including phenoxy) is 2. The van der Waals surface area contributed by atoms with Gasteiger partial charge in [0.1, 0.15) is 5.75 Å². The van der Waals surface area contributed by atoms with Crippen LogP contribution in [0.2, 0.25) is 0 Å². The minimum absolute atomic E-state index is 0.0360. The van der Waals surface area contributed by atoms with Gasteiger partial charge in [0.15, 0.2) is 0 Å². The van der Waals surface area contributed by atoms with Crippen LogP contribution in [0.25, 0.3) is 0 Å². The average Bonchev–Trinajstić information content (AvgIpc) is 2.55. The van der Waals surface area contributed by atoms with Crippen LogP contribution >= 0.6 is 0 Å². The largest absolute Gasteiger partial charge is 0.490 e. The predicted molar refractivity (Wildman–Crippen MR) is 92.6 cm³/mol. The molecule has 5 heteroatoms. The molecule has 0 spiro atoms. The van der Waals surface area contributed by atoms with Crippen LogP contribution in [0.3, 0.4) is 0 Å². The molecule has 0 atom stereocenters. The Balaban J connectivity index is 2.18. The number of amides is 1. The van der Waals surface area contributed by atoms with E-state index in [2.05, 4.69) is 5.32 Å². The minimum Gasteiger partial charge on any atom is -0.490 e. The maximum atomic E-state index is 12.5. The minimum atomic E-state index is -0.419. The molecule has 1 N–H and O–H groups in total. The van der Waals surface area contributed by atoms with E-state index >= 15 is 0 Å². The molecule has 0 fully saturated rings. The third kappa shape index (κ3) is 4.59. The van der Waals surface area contributed by atoms with Crippen molar-refractivity contribution in [1.82, 2.24) is 0 Å². The van der Waals surface area contributed by atoms with E-state index in [1.54, 1.807) is 49.4 Å². The molecule has 2 aromatic rings. The van der Waals surface area contributed by atoms with Crippen molar-refractivity contribution in [3.8, 4) is 5.75 Å². The third-order valence-electron chi connectivity index (χ3n) is 3.13. The van der Waals surface area contributed by atoms with Gasteiger partial charge in [-0.25, -0.2) is 4.79 Å². The van der Waals surface area contributed by atoms with E-state index in [0.717, 1.165) is 0 Å². The van der Waals surface area contributed by atoms with E-state index in [-0.39, 0.29) is 12.0 Å². The van der Waals surface area contributed by atoms with Gasteiger partial charge in [-0.05, 0) is 51.1 Å². The lowest BCUT2D eigenvalue weighted by Gasteiger charge is -2.14. The lowest BCUT2D eigenvalue weighted by molar-refractivity contribution is 0.0526. The Bertz CT molecular complexity index is 725. The number of para-hydroxylation sites is 1. The Kier molecular flexibility index (Phi) is 5.95. The van der Waals surface area contributed by atoms with Crippen LogP contribution in [0.4, 0.5) is 5.69 Å². The zero-order valence-electron chi connectivity index (χ0n) is 14.0. The number of hydrogen-bond acceptors (Lipinski definition) is 4. The molecule has 0 bridgehead atoms. The average molecular weight is 327 g/mol. The fourth-order valence-electron chi connectivity index (χ4n) is 2.15. The number of carbonyl (C=O) groups excluding carboxylic acids is 2. The second kappa shape index (κ2) is 8.15. The zero-order valence-corrected chi connectivity index (χ0v) is 14.0. The molecule has 1 amide bonds. The van der Waals surface area contributed by atoms with Gasteiger partial charge >= 0.3 is 5.97 Å². The normalized spacial score (nSPS) is 10.3. The predicted octanol–water partition coefficient (Wildman–Crippen LogP) is 3.90. The molecule has 5 nitrogen and oxygen atoms in total. The van der Waals surface area contributed by atoms with Crippen molar-refractivity contribution in [1.29, 1.82) is 0 Å². The van der Waals surface area contributed by atoms with Gasteiger partial charge in [-0.15, -0.1) is 0 Å². The Labute approximate surface area is 141 Å². The highest BCUT2D eigenvalue weighted by Crippen LogP contribution is 2.21. The van der Waals surface area contributed by atoms with Crippen LogP contribution in [-0.2, 0) is 4.74 Å². The van der Waals surface area contributed by atoms with Crippen molar-refractivity contribution in [3.05, 3.63) is 59.7 Å². The molecule has 0 saturated heterocycles. The van der Waals surface area contributed by atoms with E-state index < -0.39 is 5.97 Å². The standard InChI is InChI=1S/C19H21NO4/c1-4-23-19(22)14-8-7-9-15(12-14)20-18(21)16-10-5-6-11-17(16)24-13(2)3/h5-13H,4H2,1-3H3,(H,20,21). The number of hydrogen-bond donors (Lipinski definition) is 1. The van der Waals surface area contributed by atoms with Gasteiger partial charge in [0.2, 0.25) is 0 Å². The van der Waals surface area contributed by atoms with Crippen molar-refractivity contribution in [2.24, 2.45) is 0 Å². The van der Waals surface area contributed by atoms with Gasteiger partial charge in [-0.2, -0.15) is 0 Å². The summed E-state index contributed by atoms with van der Waals surface area (Å²) in [6.07, 6.45) is -0.0360. The molecule has 0 unspecified atom stereocenters. The summed E-state index contributed by atoms with van der Waals surface area (Å²) in [6.45, 7) is 5.85. The molecule has 2 rings (SSSR count). The number of rotatable bonds is 6. The molecule has 0 aliphatic heterocycles. The first-order valence-corrected chi connectivity index (χ1v) is 7.85. The van der Waals surface area contributed by atoms with Crippen LogP contribution in [-0.4, -0.2) is 24.6 Å². The van der Waals surface area contributed by atoms with Gasteiger partial charge in [0, 0.05) is 5.69 Å². The summed E-state index contributed by atoms with van der Waals surface area (Å²) in [7, 11) is 0. The van der Waals surface area contributed by atoms with Gasteiger partial charge in [-0.1, -0.05) is 18.2 Å². The number of esters is 1. The van der Waals surface area contributed by atoms with Crippen molar-refractivity contribution >= 4 is 17.6 Å². The summed E-state index contributed by atoms with van der Waals surface area (Å²) >= 11 is 0. The van der Waals surface area contributed by atoms with Crippen LogP contribution in [0.5, 0.6) is 5.75 Å². The van der Waals surface area contributed by atoms with Gasteiger partial charge in [-0.3, -0.25) is 4.79 Å². The third-order valence-corrected chi connectivity index (χ3v) is 3.13. The smallest absolute Gasteiger partial charge is 0.338 e. The van der Waals surface area contributed by atoms with Gasteiger partial charge in [0.05, 0.1) is 23.8 Å². The Morgan fingerprint density at radius 3 is 2.54 bits per heavy atom. The Morgan fingerprint density at radius 1 is 1.08 bits per heavy atom. The highest BCUT2D eigenvalue weighted by Gasteiger charge is 2.14. The van der Waals surface area contributed by atoms with E-state index in [1.807, 2.05) is 19.9 Å². The molecule has 24 heavy (non-hydrogen) atoms. The molecule has 0 aromatic heterocycles. The summed E-state index contributed by atoms with van der Waals surface area (Å²) in [5, 5.41) is 2.78. The summed E-state index contributed by atoms with van der Waals surface area (Å²) in [5.41, 5.74) is 1.35. The summed E-state index contributed by atoms with van der Waals surface area (Å²) in [6, 6.07) is 13.7. The van der Waals surface area contributed by atoms with Crippen molar-refractivity contribution < 1.29 is 19.1 Å². The molecular formula is C19H21NO4. The number of benzene rings is 2. The van der Waals surface area contributed by atoms with Crippen LogP contribution in [0, 0.1) is 0 Å². The molecule has 126 valence electrons. The number of carbonyl (C=O) groups is 2. The zero-order chi connectivity index (χ0) is 17.5. The first-order chi connectivity index (χ1) is 11.5. The van der Waals surface area contributed by atoms with Gasteiger partial charge < -0.3 is 14.8 Å². The Hall–Kier alpha value is -2.82. The SMILES string of the molecule is CCOC(=O)c1cccc(NC(=O)c2ccccc2OC(C)C)c1. The second-order valence-electron chi connectivity index (χ2n) is 5.42. The number of anilines is 1. The molecule has 0 saturated carbocycles. The summed E-state index contributed by atoms with van der Waals surface area (Å²) in [4.78, 5) is 24.3. The van der Waals surface area contributed by atoms with E-state index in [0.29, 0.717) is 29.2 Å². The van der Waals surface area contributed by atoms with E-state index in [1.165, 1.54) is 0 Å². The fraction of sp³-hybridized carbons (Fsp3) is 0.263. The molecular weight excluding hydrogens is 306 g/mol. The quantitative estimate of drug-likeness (QED) is 0.817. The molecule has 0 aliphatic carbocycles. The topological polar surface area (TPSA) is 64.6 Å². The Morgan fingerprint density at radius 2 is 1.83 bits per heavy atom. The monoisotopic (exact) mass is 327 g/mol. The van der Waals surface area contributed by atoms with E-state index in [4.69, 9.17) is 9.47 Å². The molecule has 0 aliphatic rings. The lowest BCUT2D eigenvalue weighted by Crippen LogP contribution is -2.16. The first kappa shape index (κ1) is 17.5. The van der Waals surface area contributed by atoms with Crippen LogP contribution < -0.4 is 10.1 Å². The van der Waals surface area contributed by atoms with Crippen molar-refractivity contribution in [3.63, 3.8) is 0 Å². The first-order valence-electron chi connectivity index (χ1n) is 7.85. The van der Waals surface area contributed by atoms with Gasteiger partial charge in [0.25, 0.3) is 5.91 Å². The maximum Gasteiger partial charge on any atom is 0.338 e. The van der Waals surface area contributed by atoms with Crippen LogP contribution in [0.1, 0.15) is 41.5 Å². The summed E-state index contributed by atoms with van der Waals surface area (Å²) < 4.78 is 10.6. The highest BCUT2D eigenvalue weighted by atomic mass is 16.5. The van der Waals surface area contributed by atoms with Crippen molar-refractivity contribution in [2.75, 3.05) is 11.9 Å². The molecule has 0 heterocycles.